The number of carbonyl (C=O) groups excluding carboxylic acids is 1. The molecule has 0 spiro atoms. The third-order valence-electron chi connectivity index (χ3n) is 3.60. The minimum Gasteiger partial charge on any atom is -0.399 e. The van der Waals surface area contributed by atoms with E-state index in [-0.39, 0.29) is 6.03 Å². The summed E-state index contributed by atoms with van der Waals surface area (Å²) in [4.78, 5) is 20.3. The molecule has 1 aliphatic rings. The van der Waals surface area contributed by atoms with Gasteiger partial charge in [0.15, 0.2) is 0 Å². The van der Waals surface area contributed by atoms with Crippen LogP contribution in [0.2, 0.25) is 0 Å². The van der Waals surface area contributed by atoms with Crippen LogP contribution in [0.4, 0.5) is 16.2 Å². The second-order valence-electron chi connectivity index (χ2n) is 5.32. The third-order valence-corrected chi connectivity index (χ3v) is 3.60. The summed E-state index contributed by atoms with van der Waals surface area (Å²) in [5.41, 5.74) is 9.44. The summed E-state index contributed by atoms with van der Waals surface area (Å²) in [6, 6.07) is 9.48. The number of benzene rings is 1. The molecule has 0 atom stereocenters. The molecule has 2 heterocycles. The Hall–Kier alpha value is -2.56. The van der Waals surface area contributed by atoms with Crippen LogP contribution in [0.25, 0.3) is 0 Å². The number of aromatic nitrogens is 1. The van der Waals surface area contributed by atoms with E-state index in [1.807, 2.05) is 48.5 Å². The molecule has 2 aromatic rings. The molecule has 1 aromatic heterocycles. The van der Waals surface area contributed by atoms with E-state index in [9.17, 15) is 4.79 Å². The highest BCUT2D eigenvalue weighted by Gasteiger charge is 2.29. The number of carbonyl (C=O) groups is 1. The van der Waals surface area contributed by atoms with Gasteiger partial charge in [0.25, 0.3) is 0 Å². The summed E-state index contributed by atoms with van der Waals surface area (Å²) < 4.78 is 0. The molecule has 21 heavy (non-hydrogen) atoms. The molecule has 5 nitrogen and oxygen atoms in total. The predicted molar refractivity (Wildman–Crippen MR) is 83.0 cm³/mol. The van der Waals surface area contributed by atoms with Gasteiger partial charge in [0.2, 0.25) is 0 Å². The van der Waals surface area contributed by atoms with E-state index < -0.39 is 0 Å². The van der Waals surface area contributed by atoms with Gasteiger partial charge in [-0.2, -0.15) is 0 Å². The van der Waals surface area contributed by atoms with Crippen LogP contribution in [0.1, 0.15) is 11.1 Å². The molecule has 1 fully saturated rings. The number of nitrogens with zero attached hydrogens (tertiary/aromatic N) is 3. The highest BCUT2D eigenvalue weighted by Crippen LogP contribution is 2.22. The first-order valence-corrected chi connectivity index (χ1v) is 6.96. The second kappa shape index (κ2) is 5.44. The van der Waals surface area contributed by atoms with Crippen LogP contribution < -0.4 is 10.6 Å². The topological polar surface area (TPSA) is 62.5 Å². The van der Waals surface area contributed by atoms with E-state index in [2.05, 4.69) is 11.1 Å². The smallest absolute Gasteiger partial charge is 0.324 e. The van der Waals surface area contributed by atoms with Crippen LogP contribution in [-0.2, 0) is 6.54 Å². The molecular weight excluding hydrogens is 264 g/mol. The van der Waals surface area contributed by atoms with Gasteiger partial charge in [0.1, 0.15) is 0 Å². The van der Waals surface area contributed by atoms with Crippen LogP contribution in [-0.4, -0.2) is 29.0 Å². The quantitative estimate of drug-likeness (QED) is 0.879. The zero-order chi connectivity index (χ0) is 14.8. The average Bonchev–Trinajstić information content (AvgIpc) is 2.81. The molecule has 0 saturated carbocycles. The number of anilines is 2. The molecule has 1 aliphatic heterocycles. The van der Waals surface area contributed by atoms with Crippen LogP contribution in [0, 0.1) is 6.92 Å². The van der Waals surface area contributed by atoms with Crippen molar-refractivity contribution in [2.45, 2.75) is 13.5 Å². The molecular formula is C16H18N4O. The Morgan fingerprint density at radius 1 is 1.19 bits per heavy atom. The predicted octanol–water partition coefficient (Wildman–Crippen LogP) is 2.41. The normalized spacial score (nSPS) is 14.8. The van der Waals surface area contributed by atoms with E-state index in [1.54, 1.807) is 4.90 Å². The molecule has 1 saturated heterocycles. The van der Waals surface area contributed by atoms with E-state index in [0.717, 1.165) is 23.4 Å². The fourth-order valence-corrected chi connectivity index (χ4v) is 2.55. The Morgan fingerprint density at radius 2 is 1.95 bits per heavy atom. The standard InChI is InChI=1S/C16H18N4O/c1-12-8-13(10-18-9-12)11-19-6-7-20(16(19)21)15-4-2-14(17)3-5-15/h2-5,8-10H,6-7,11,17H2,1H3. The molecule has 108 valence electrons. The zero-order valence-electron chi connectivity index (χ0n) is 12.0. The van der Waals surface area contributed by atoms with Crippen LogP contribution >= 0.6 is 0 Å². The Labute approximate surface area is 124 Å². The largest absolute Gasteiger partial charge is 0.399 e. The van der Waals surface area contributed by atoms with Gasteiger partial charge in [-0.05, 0) is 42.3 Å². The lowest BCUT2D eigenvalue weighted by Crippen LogP contribution is -2.31. The summed E-state index contributed by atoms with van der Waals surface area (Å²) in [6.07, 6.45) is 3.63. The van der Waals surface area contributed by atoms with E-state index in [1.165, 1.54) is 0 Å². The summed E-state index contributed by atoms with van der Waals surface area (Å²) in [5.74, 6) is 0. The number of aryl methyl sites for hydroxylation is 1. The van der Waals surface area contributed by atoms with Crippen LogP contribution in [0.3, 0.4) is 0 Å². The van der Waals surface area contributed by atoms with Gasteiger partial charge in [-0.25, -0.2) is 4.79 Å². The number of hydrogen-bond acceptors (Lipinski definition) is 3. The lowest BCUT2D eigenvalue weighted by Gasteiger charge is -2.19. The summed E-state index contributed by atoms with van der Waals surface area (Å²) in [5, 5.41) is 0. The van der Waals surface area contributed by atoms with E-state index >= 15 is 0 Å². The number of rotatable bonds is 3. The zero-order valence-corrected chi connectivity index (χ0v) is 12.0. The third kappa shape index (κ3) is 2.81. The van der Waals surface area contributed by atoms with Crippen molar-refractivity contribution in [1.29, 1.82) is 0 Å². The van der Waals surface area contributed by atoms with Crippen molar-refractivity contribution in [2.75, 3.05) is 23.7 Å². The van der Waals surface area contributed by atoms with Gasteiger partial charge in [-0.3, -0.25) is 9.88 Å². The van der Waals surface area contributed by atoms with Gasteiger partial charge in [0.05, 0.1) is 0 Å². The van der Waals surface area contributed by atoms with Crippen molar-refractivity contribution in [2.24, 2.45) is 0 Å². The Balaban J connectivity index is 1.73. The highest BCUT2D eigenvalue weighted by molar-refractivity contribution is 5.94. The number of nitrogens with two attached hydrogens (primary N) is 1. The van der Waals surface area contributed by atoms with Gasteiger partial charge in [0, 0.05) is 43.4 Å². The maximum atomic E-state index is 12.5. The minimum absolute atomic E-state index is 0.0290. The Morgan fingerprint density at radius 3 is 2.67 bits per heavy atom. The van der Waals surface area contributed by atoms with Crippen molar-refractivity contribution in [1.82, 2.24) is 9.88 Å². The molecule has 0 bridgehead atoms. The lowest BCUT2D eigenvalue weighted by molar-refractivity contribution is 0.218. The first kappa shape index (κ1) is 13.4. The summed E-state index contributed by atoms with van der Waals surface area (Å²) >= 11 is 0. The Kier molecular flexibility index (Phi) is 3.48. The van der Waals surface area contributed by atoms with Crippen LogP contribution in [0.5, 0.6) is 0 Å². The molecule has 1 aromatic carbocycles. The van der Waals surface area contributed by atoms with Crippen molar-refractivity contribution in [3.05, 3.63) is 53.9 Å². The van der Waals surface area contributed by atoms with Crippen molar-refractivity contribution in [3.63, 3.8) is 0 Å². The summed E-state index contributed by atoms with van der Waals surface area (Å²) in [7, 11) is 0. The fraction of sp³-hybridized carbons (Fsp3) is 0.250. The van der Waals surface area contributed by atoms with Crippen LogP contribution in [0.15, 0.2) is 42.7 Å². The lowest BCUT2D eigenvalue weighted by atomic mass is 10.2. The summed E-state index contributed by atoms with van der Waals surface area (Å²) in [6.45, 7) is 4.01. The second-order valence-corrected chi connectivity index (χ2v) is 5.32. The molecule has 0 unspecified atom stereocenters. The molecule has 2 N–H and O–H groups in total. The number of amides is 2. The average molecular weight is 282 g/mol. The molecule has 2 amide bonds. The fourth-order valence-electron chi connectivity index (χ4n) is 2.55. The number of hydrogen-bond donors (Lipinski definition) is 1. The number of nitrogen functional groups attached to an aromatic ring is 1. The molecule has 0 radical (unpaired) electrons. The van der Waals surface area contributed by atoms with Crippen molar-refractivity contribution >= 4 is 17.4 Å². The van der Waals surface area contributed by atoms with Gasteiger partial charge < -0.3 is 10.6 Å². The SMILES string of the molecule is Cc1cncc(CN2CCN(c3ccc(N)cc3)C2=O)c1. The first-order valence-electron chi connectivity index (χ1n) is 6.96. The minimum atomic E-state index is 0.0290. The van der Waals surface area contributed by atoms with Gasteiger partial charge in [-0.15, -0.1) is 0 Å². The monoisotopic (exact) mass is 282 g/mol. The Bertz CT molecular complexity index is 654. The number of pyridine rings is 1. The molecule has 0 aliphatic carbocycles. The maximum Gasteiger partial charge on any atom is 0.324 e. The maximum absolute atomic E-state index is 12.5. The first-order chi connectivity index (χ1) is 10.1. The molecule has 3 rings (SSSR count). The molecule has 5 heteroatoms. The van der Waals surface area contributed by atoms with Gasteiger partial charge >= 0.3 is 6.03 Å². The number of urea groups is 1. The van der Waals surface area contributed by atoms with Crippen molar-refractivity contribution < 1.29 is 4.79 Å². The van der Waals surface area contributed by atoms with Gasteiger partial charge in [-0.1, -0.05) is 6.07 Å². The van der Waals surface area contributed by atoms with E-state index in [0.29, 0.717) is 18.8 Å². The highest BCUT2D eigenvalue weighted by atomic mass is 16.2. The van der Waals surface area contributed by atoms with E-state index in [4.69, 9.17) is 5.73 Å². The van der Waals surface area contributed by atoms with Crippen molar-refractivity contribution in [3.8, 4) is 0 Å².